The van der Waals surface area contributed by atoms with Gasteiger partial charge in [0.15, 0.2) is 0 Å². The molecule has 0 aliphatic carbocycles. The molecule has 0 heterocycles. The van der Waals surface area contributed by atoms with Crippen molar-refractivity contribution in [3.63, 3.8) is 0 Å². The van der Waals surface area contributed by atoms with Crippen LogP contribution in [-0.4, -0.2) is 49.0 Å². The minimum Gasteiger partial charge on any atom is -0.394 e. The van der Waals surface area contributed by atoms with Gasteiger partial charge in [-0.3, -0.25) is 4.79 Å². The van der Waals surface area contributed by atoms with E-state index >= 15 is 0 Å². The lowest BCUT2D eigenvalue weighted by Crippen LogP contribution is -2.36. The van der Waals surface area contributed by atoms with Gasteiger partial charge in [-0.15, -0.1) is 0 Å². The number of hydrogen-bond acceptors (Lipinski definition) is 4. The molecule has 0 unspecified atom stereocenters. The third-order valence-corrected chi connectivity index (χ3v) is 1.16. The van der Waals surface area contributed by atoms with E-state index in [1.165, 1.54) is 7.05 Å². The topological polar surface area (TPSA) is 81.6 Å². The maximum atomic E-state index is 10.6. The van der Waals surface area contributed by atoms with Crippen LogP contribution in [0.5, 0.6) is 0 Å². The second-order valence-corrected chi connectivity index (χ2v) is 2.14. The van der Waals surface area contributed by atoms with Crippen molar-refractivity contribution >= 4 is 5.91 Å². The summed E-state index contributed by atoms with van der Waals surface area (Å²) in [6.45, 7) is 0.0955. The van der Waals surface area contributed by atoms with Gasteiger partial charge in [0.25, 0.3) is 0 Å². The van der Waals surface area contributed by atoms with Crippen molar-refractivity contribution in [2.45, 2.75) is 6.10 Å². The maximum Gasteiger partial charge on any atom is 0.233 e. The van der Waals surface area contributed by atoms with Gasteiger partial charge in [0.1, 0.15) is 0 Å². The van der Waals surface area contributed by atoms with Gasteiger partial charge >= 0.3 is 0 Å². The van der Waals surface area contributed by atoms with Crippen LogP contribution in [0.1, 0.15) is 0 Å². The smallest absolute Gasteiger partial charge is 0.233 e. The first-order chi connectivity index (χ1) is 5.20. The van der Waals surface area contributed by atoms with Crippen molar-refractivity contribution in [2.24, 2.45) is 0 Å². The van der Waals surface area contributed by atoms with Crippen LogP contribution in [0.25, 0.3) is 0 Å². The fraction of sp³-hybridized carbons (Fsp3) is 0.833. The number of likely N-dealkylation sites (N-methyl/N-ethyl adjacent to an activating group) is 1. The highest BCUT2D eigenvalue weighted by molar-refractivity contribution is 5.77. The molecule has 4 N–H and O–H groups in total. The molecule has 0 aromatic rings. The second kappa shape index (κ2) is 6.09. The molecule has 0 aliphatic rings. The first-order valence-electron chi connectivity index (χ1n) is 3.41. The number of aliphatic hydroxyl groups is 2. The van der Waals surface area contributed by atoms with Crippen LogP contribution in [0.15, 0.2) is 0 Å². The highest BCUT2D eigenvalue weighted by Gasteiger charge is 2.01. The van der Waals surface area contributed by atoms with E-state index in [9.17, 15) is 4.79 Å². The molecule has 0 aromatic carbocycles. The number of carbonyl (C=O) groups is 1. The number of hydrogen-bond donors (Lipinski definition) is 4. The third-order valence-electron chi connectivity index (χ3n) is 1.16. The molecule has 0 saturated heterocycles. The zero-order chi connectivity index (χ0) is 8.69. The molecule has 0 bridgehead atoms. The normalized spacial score (nSPS) is 12.6. The van der Waals surface area contributed by atoms with Crippen molar-refractivity contribution in [3.05, 3.63) is 0 Å². The summed E-state index contributed by atoms with van der Waals surface area (Å²) in [5.74, 6) is -0.143. The van der Waals surface area contributed by atoms with Gasteiger partial charge in [0.2, 0.25) is 5.91 Å². The molecular formula is C6H14N2O3. The molecule has 1 atom stereocenters. The molecule has 0 radical (unpaired) electrons. The summed E-state index contributed by atoms with van der Waals surface area (Å²) in [4.78, 5) is 10.6. The van der Waals surface area contributed by atoms with E-state index in [4.69, 9.17) is 10.2 Å². The Morgan fingerprint density at radius 1 is 1.64 bits per heavy atom. The molecular weight excluding hydrogens is 148 g/mol. The number of carbonyl (C=O) groups excluding carboxylic acids is 1. The first-order valence-corrected chi connectivity index (χ1v) is 3.41. The van der Waals surface area contributed by atoms with Gasteiger partial charge in [-0.1, -0.05) is 0 Å². The van der Waals surface area contributed by atoms with Crippen LogP contribution >= 0.6 is 0 Å². The monoisotopic (exact) mass is 162 g/mol. The van der Waals surface area contributed by atoms with Gasteiger partial charge in [0.05, 0.1) is 19.3 Å². The van der Waals surface area contributed by atoms with Crippen molar-refractivity contribution in [1.82, 2.24) is 10.6 Å². The Kier molecular flexibility index (Phi) is 5.73. The summed E-state index contributed by atoms with van der Waals surface area (Å²) in [5.41, 5.74) is 0. The highest BCUT2D eigenvalue weighted by atomic mass is 16.3. The molecule has 1 amide bonds. The Hall–Kier alpha value is -0.650. The van der Waals surface area contributed by atoms with Crippen LogP contribution in [0.2, 0.25) is 0 Å². The van der Waals surface area contributed by atoms with Gasteiger partial charge < -0.3 is 20.8 Å². The van der Waals surface area contributed by atoms with E-state index in [0.717, 1.165) is 0 Å². The summed E-state index contributed by atoms with van der Waals surface area (Å²) < 4.78 is 0. The number of aliphatic hydroxyl groups excluding tert-OH is 2. The van der Waals surface area contributed by atoms with Gasteiger partial charge in [-0.05, 0) is 0 Å². The summed E-state index contributed by atoms with van der Waals surface area (Å²) >= 11 is 0. The molecule has 66 valence electrons. The Balaban J connectivity index is 3.20. The number of rotatable bonds is 5. The Morgan fingerprint density at radius 2 is 2.27 bits per heavy atom. The van der Waals surface area contributed by atoms with E-state index in [1.807, 2.05) is 0 Å². The molecule has 0 aliphatic heterocycles. The molecule has 5 heteroatoms. The fourth-order valence-electron chi connectivity index (χ4n) is 0.505. The molecule has 11 heavy (non-hydrogen) atoms. The van der Waals surface area contributed by atoms with Crippen molar-refractivity contribution in [2.75, 3.05) is 26.7 Å². The van der Waals surface area contributed by atoms with Gasteiger partial charge in [0, 0.05) is 13.6 Å². The van der Waals surface area contributed by atoms with E-state index in [-0.39, 0.29) is 25.6 Å². The predicted octanol–water partition coefficient (Wildman–Crippen LogP) is -2.32. The first kappa shape index (κ1) is 10.3. The minimum atomic E-state index is -0.792. The third kappa shape index (κ3) is 5.78. The van der Waals surface area contributed by atoms with E-state index in [2.05, 4.69) is 10.6 Å². The Bertz CT molecular complexity index is 118. The van der Waals surface area contributed by atoms with Crippen LogP contribution in [0.3, 0.4) is 0 Å². The zero-order valence-corrected chi connectivity index (χ0v) is 6.50. The van der Waals surface area contributed by atoms with Crippen molar-refractivity contribution in [1.29, 1.82) is 0 Å². The minimum absolute atomic E-state index is 0.143. The summed E-state index contributed by atoms with van der Waals surface area (Å²) in [6.07, 6.45) is -0.792. The molecule has 0 rings (SSSR count). The van der Waals surface area contributed by atoms with Crippen molar-refractivity contribution in [3.8, 4) is 0 Å². The van der Waals surface area contributed by atoms with Crippen LogP contribution in [-0.2, 0) is 4.79 Å². The molecule has 0 spiro atoms. The summed E-state index contributed by atoms with van der Waals surface area (Å²) in [7, 11) is 1.53. The Labute approximate surface area is 65.4 Å². The lowest BCUT2D eigenvalue weighted by Gasteiger charge is -2.07. The van der Waals surface area contributed by atoms with E-state index in [0.29, 0.717) is 0 Å². The fourth-order valence-corrected chi connectivity index (χ4v) is 0.505. The van der Waals surface area contributed by atoms with Crippen molar-refractivity contribution < 1.29 is 15.0 Å². The number of nitrogens with one attached hydrogen (secondary N) is 2. The van der Waals surface area contributed by atoms with E-state index in [1.54, 1.807) is 0 Å². The lowest BCUT2D eigenvalue weighted by atomic mass is 10.4. The molecule has 0 fully saturated rings. The average molecular weight is 162 g/mol. The largest absolute Gasteiger partial charge is 0.394 e. The van der Waals surface area contributed by atoms with Gasteiger partial charge in [-0.2, -0.15) is 0 Å². The maximum absolute atomic E-state index is 10.6. The SMILES string of the molecule is CNC(=O)CNC[C@H](O)CO. The van der Waals surface area contributed by atoms with Crippen LogP contribution in [0, 0.1) is 0 Å². The van der Waals surface area contributed by atoms with Gasteiger partial charge in [-0.25, -0.2) is 0 Å². The van der Waals surface area contributed by atoms with E-state index < -0.39 is 6.10 Å². The summed E-state index contributed by atoms with van der Waals surface area (Å²) in [5, 5.41) is 22.2. The second-order valence-electron chi connectivity index (χ2n) is 2.14. The summed E-state index contributed by atoms with van der Waals surface area (Å²) in [6, 6.07) is 0. The van der Waals surface area contributed by atoms with Crippen LogP contribution < -0.4 is 10.6 Å². The highest BCUT2D eigenvalue weighted by Crippen LogP contribution is 1.75. The standard InChI is InChI=1S/C6H14N2O3/c1-7-6(11)3-8-2-5(10)4-9/h5,8-10H,2-4H2,1H3,(H,7,11)/t5-/m0/s1. The number of amides is 1. The average Bonchev–Trinajstić information content (AvgIpc) is 2.04. The zero-order valence-electron chi connectivity index (χ0n) is 6.50. The predicted molar refractivity (Wildman–Crippen MR) is 40.0 cm³/mol. The van der Waals surface area contributed by atoms with Crippen LogP contribution in [0.4, 0.5) is 0 Å². The molecule has 5 nitrogen and oxygen atoms in total. The Morgan fingerprint density at radius 3 is 2.73 bits per heavy atom. The lowest BCUT2D eigenvalue weighted by molar-refractivity contribution is -0.119. The quantitative estimate of drug-likeness (QED) is 0.365. The molecule has 0 saturated carbocycles. The molecule has 0 aromatic heterocycles.